The fraction of sp³-hybridized carbons (Fsp3) is 0.107. The van der Waals surface area contributed by atoms with E-state index in [9.17, 15) is 4.79 Å². The van der Waals surface area contributed by atoms with Crippen LogP contribution in [0.25, 0.3) is 33.5 Å². The lowest BCUT2D eigenvalue weighted by atomic mass is 10.0. The molecule has 0 aliphatic carbocycles. The van der Waals surface area contributed by atoms with Crippen LogP contribution in [0.1, 0.15) is 22.3 Å². The first kappa shape index (κ1) is 22.0. The zero-order chi connectivity index (χ0) is 24.0. The van der Waals surface area contributed by atoms with Crippen molar-refractivity contribution >= 4 is 16.9 Å². The van der Waals surface area contributed by atoms with Crippen molar-refractivity contribution in [2.24, 2.45) is 0 Å². The first-order valence-electron chi connectivity index (χ1n) is 11.3. The number of carbonyl (C=O) groups excluding carboxylic acids is 1. The normalized spacial score (nSPS) is 10.7. The average Bonchev–Trinajstić information content (AvgIpc) is 3.44. The number of hydrogen-bond donors (Lipinski definition) is 1. The number of amides is 1. The van der Waals surface area contributed by atoms with Gasteiger partial charge in [-0.1, -0.05) is 42.5 Å². The van der Waals surface area contributed by atoms with Crippen molar-refractivity contribution in [1.82, 2.24) is 24.8 Å². The molecule has 7 nitrogen and oxygen atoms in total. The summed E-state index contributed by atoms with van der Waals surface area (Å²) in [6.45, 7) is 1.36. The minimum absolute atomic E-state index is 0.142. The number of nitrogens with zero attached hydrogens (tertiary/aromatic N) is 5. The van der Waals surface area contributed by atoms with Crippen molar-refractivity contribution in [2.75, 3.05) is 6.54 Å². The van der Waals surface area contributed by atoms with Gasteiger partial charge in [0.25, 0.3) is 5.91 Å². The molecule has 5 rings (SSSR count). The standard InChI is InChI=1S/C28H22N6O/c29-18-20-7-9-22(10-8-20)27-26(21-5-2-1-3-6-21)33-25-17-23(11-12-24(25)32-27)28(35)31-13-4-15-34-16-14-30-19-34/h1-3,5-12,14,16-17,19H,4,13,15H2,(H,31,35). The largest absolute Gasteiger partial charge is 0.352 e. The molecule has 0 saturated carbocycles. The molecule has 1 amide bonds. The van der Waals surface area contributed by atoms with Crippen LogP contribution in [0.4, 0.5) is 0 Å². The molecule has 0 spiro atoms. The lowest BCUT2D eigenvalue weighted by Crippen LogP contribution is -2.25. The van der Waals surface area contributed by atoms with E-state index >= 15 is 0 Å². The number of aromatic nitrogens is 4. The number of imidazole rings is 1. The Kier molecular flexibility index (Phi) is 6.27. The van der Waals surface area contributed by atoms with Gasteiger partial charge in [-0.2, -0.15) is 5.26 Å². The van der Waals surface area contributed by atoms with E-state index in [0.29, 0.717) is 28.7 Å². The Morgan fingerprint density at radius 1 is 0.914 bits per heavy atom. The minimum Gasteiger partial charge on any atom is -0.352 e. The van der Waals surface area contributed by atoms with Crippen molar-refractivity contribution in [1.29, 1.82) is 5.26 Å². The van der Waals surface area contributed by atoms with E-state index in [4.69, 9.17) is 15.2 Å². The predicted molar refractivity (Wildman–Crippen MR) is 134 cm³/mol. The van der Waals surface area contributed by atoms with Crippen LogP contribution in [0.5, 0.6) is 0 Å². The highest BCUT2D eigenvalue weighted by Gasteiger charge is 2.15. The number of hydrogen-bond acceptors (Lipinski definition) is 5. The first-order chi connectivity index (χ1) is 17.2. The summed E-state index contributed by atoms with van der Waals surface area (Å²) in [7, 11) is 0. The average molecular weight is 459 g/mol. The molecule has 0 saturated heterocycles. The summed E-state index contributed by atoms with van der Waals surface area (Å²) in [5, 5.41) is 12.1. The second kappa shape index (κ2) is 9.98. The Morgan fingerprint density at radius 3 is 2.37 bits per heavy atom. The fourth-order valence-corrected chi connectivity index (χ4v) is 3.88. The first-order valence-corrected chi connectivity index (χ1v) is 11.3. The summed E-state index contributed by atoms with van der Waals surface area (Å²) in [6, 6.07) is 24.7. The molecule has 0 radical (unpaired) electrons. The lowest BCUT2D eigenvalue weighted by Gasteiger charge is -2.12. The van der Waals surface area contributed by atoms with Gasteiger partial charge in [-0.3, -0.25) is 4.79 Å². The van der Waals surface area contributed by atoms with E-state index in [1.807, 2.05) is 59.3 Å². The van der Waals surface area contributed by atoms with Crippen molar-refractivity contribution in [2.45, 2.75) is 13.0 Å². The van der Waals surface area contributed by atoms with Crippen LogP contribution in [0, 0.1) is 11.3 Å². The fourth-order valence-electron chi connectivity index (χ4n) is 3.88. The van der Waals surface area contributed by atoms with Gasteiger partial charge in [0.05, 0.1) is 40.4 Å². The molecule has 0 aliphatic heterocycles. The third-order valence-electron chi connectivity index (χ3n) is 5.70. The highest BCUT2D eigenvalue weighted by molar-refractivity contribution is 5.98. The maximum Gasteiger partial charge on any atom is 0.251 e. The number of nitriles is 1. The van der Waals surface area contributed by atoms with E-state index in [1.165, 1.54) is 0 Å². The maximum atomic E-state index is 12.7. The van der Waals surface area contributed by atoms with Crippen LogP contribution in [0.15, 0.2) is 91.5 Å². The maximum absolute atomic E-state index is 12.7. The van der Waals surface area contributed by atoms with Gasteiger partial charge >= 0.3 is 0 Å². The Balaban J connectivity index is 1.45. The minimum atomic E-state index is -0.142. The number of aryl methyl sites for hydroxylation is 1. The molecule has 0 bridgehead atoms. The van der Waals surface area contributed by atoms with Crippen LogP contribution < -0.4 is 5.32 Å². The van der Waals surface area contributed by atoms with E-state index in [0.717, 1.165) is 35.5 Å². The Morgan fingerprint density at radius 2 is 1.66 bits per heavy atom. The molecule has 2 heterocycles. The Hall–Kier alpha value is -4.83. The molecule has 0 fully saturated rings. The third kappa shape index (κ3) is 4.92. The van der Waals surface area contributed by atoms with Gasteiger partial charge in [-0.05, 0) is 36.8 Å². The van der Waals surface area contributed by atoms with E-state index in [-0.39, 0.29) is 5.91 Å². The van der Waals surface area contributed by atoms with Crippen LogP contribution in [0.2, 0.25) is 0 Å². The topological polar surface area (TPSA) is 96.5 Å². The predicted octanol–water partition coefficient (Wildman–Crippen LogP) is 4.85. The SMILES string of the molecule is N#Cc1ccc(-c2nc3ccc(C(=O)NCCCn4ccnc4)cc3nc2-c2ccccc2)cc1. The van der Waals surface area contributed by atoms with Crippen molar-refractivity contribution < 1.29 is 4.79 Å². The molecule has 0 atom stereocenters. The quantitative estimate of drug-likeness (QED) is 0.352. The number of carbonyl (C=O) groups is 1. The van der Waals surface area contributed by atoms with E-state index in [2.05, 4.69) is 16.4 Å². The zero-order valence-corrected chi connectivity index (χ0v) is 18.9. The monoisotopic (exact) mass is 458 g/mol. The smallest absolute Gasteiger partial charge is 0.251 e. The van der Waals surface area contributed by atoms with E-state index in [1.54, 1.807) is 36.8 Å². The van der Waals surface area contributed by atoms with Crippen LogP contribution >= 0.6 is 0 Å². The van der Waals surface area contributed by atoms with Crippen molar-refractivity contribution in [3.05, 3.63) is 103 Å². The highest BCUT2D eigenvalue weighted by Crippen LogP contribution is 2.31. The summed E-state index contributed by atoms with van der Waals surface area (Å²) in [4.78, 5) is 26.6. The van der Waals surface area contributed by atoms with Crippen LogP contribution in [-0.2, 0) is 6.54 Å². The molecule has 0 aliphatic rings. The van der Waals surface area contributed by atoms with Gasteiger partial charge < -0.3 is 9.88 Å². The Labute approximate surface area is 202 Å². The van der Waals surface area contributed by atoms with Gasteiger partial charge in [-0.25, -0.2) is 15.0 Å². The summed E-state index contributed by atoms with van der Waals surface area (Å²) in [5.41, 5.74) is 5.72. The molecule has 5 aromatic rings. The van der Waals surface area contributed by atoms with E-state index < -0.39 is 0 Å². The van der Waals surface area contributed by atoms with Gasteiger partial charge in [-0.15, -0.1) is 0 Å². The lowest BCUT2D eigenvalue weighted by molar-refractivity contribution is 0.0953. The molecular formula is C28H22N6O. The second-order valence-electron chi connectivity index (χ2n) is 8.09. The van der Waals surface area contributed by atoms with Gasteiger partial charge in [0.15, 0.2) is 0 Å². The highest BCUT2D eigenvalue weighted by atomic mass is 16.1. The molecule has 35 heavy (non-hydrogen) atoms. The third-order valence-corrected chi connectivity index (χ3v) is 5.70. The number of nitrogens with one attached hydrogen (secondary N) is 1. The summed E-state index contributed by atoms with van der Waals surface area (Å²) in [5.74, 6) is -0.142. The molecule has 170 valence electrons. The summed E-state index contributed by atoms with van der Waals surface area (Å²) < 4.78 is 1.98. The van der Waals surface area contributed by atoms with Crippen molar-refractivity contribution in [3.8, 4) is 28.6 Å². The molecule has 7 heteroatoms. The van der Waals surface area contributed by atoms with Gasteiger partial charge in [0.1, 0.15) is 0 Å². The number of rotatable bonds is 7. The molecule has 0 unspecified atom stereocenters. The van der Waals surface area contributed by atoms with Gasteiger partial charge in [0.2, 0.25) is 0 Å². The molecule has 1 N–H and O–H groups in total. The van der Waals surface area contributed by atoms with Gasteiger partial charge in [0, 0.05) is 42.2 Å². The molecule has 3 aromatic carbocycles. The van der Waals surface area contributed by atoms with Crippen LogP contribution in [0.3, 0.4) is 0 Å². The zero-order valence-electron chi connectivity index (χ0n) is 18.9. The molecular weight excluding hydrogens is 436 g/mol. The molecule has 2 aromatic heterocycles. The summed E-state index contributed by atoms with van der Waals surface area (Å²) in [6.07, 6.45) is 6.22. The Bertz CT molecular complexity index is 1500. The second-order valence-corrected chi connectivity index (χ2v) is 8.09. The van der Waals surface area contributed by atoms with Crippen molar-refractivity contribution in [3.63, 3.8) is 0 Å². The van der Waals surface area contributed by atoms with Crippen LogP contribution in [-0.4, -0.2) is 32.0 Å². The number of benzene rings is 3. The summed E-state index contributed by atoms with van der Waals surface area (Å²) >= 11 is 0. The number of fused-ring (bicyclic) bond motifs is 1.